The summed E-state index contributed by atoms with van der Waals surface area (Å²) in [5.41, 5.74) is 0. The summed E-state index contributed by atoms with van der Waals surface area (Å²) in [6.07, 6.45) is 2.41. The molecule has 2 heterocycles. The maximum absolute atomic E-state index is 12.0. The number of imidazole rings is 1. The Labute approximate surface area is 95.9 Å². The number of nitrogens with one attached hydrogen (secondary N) is 1. The predicted molar refractivity (Wildman–Crippen MR) is 56.4 cm³/mol. The molecule has 9 heteroatoms. The molecule has 2 rings (SSSR count). The van der Waals surface area contributed by atoms with Crippen molar-refractivity contribution in [3.05, 3.63) is 12.5 Å². The molecular weight excluding hydrogens is 254 g/mol. The number of hydrogen-bond donors (Lipinski definition) is 2. The van der Waals surface area contributed by atoms with Crippen LogP contribution in [0.4, 0.5) is 0 Å². The molecule has 1 unspecified atom stereocenters. The maximum Gasteiger partial charge on any atom is 0.322 e. The van der Waals surface area contributed by atoms with Crippen molar-refractivity contribution in [2.24, 2.45) is 0 Å². The number of rotatable bonds is 3. The Hall–Kier alpha value is -1.06. The fourth-order valence-electron chi connectivity index (χ4n) is 1.37. The van der Waals surface area contributed by atoms with E-state index in [4.69, 9.17) is 5.11 Å². The lowest BCUT2D eigenvalue weighted by molar-refractivity contribution is -0.140. The zero-order valence-corrected chi connectivity index (χ0v) is 9.66. The van der Waals surface area contributed by atoms with Crippen molar-refractivity contribution in [3.63, 3.8) is 0 Å². The summed E-state index contributed by atoms with van der Waals surface area (Å²) >= 11 is 1.27. The molecule has 0 bridgehead atoms. The Balaban J connectivity index is 2.34. The second kappa shape index (κ2) is 4.07. The first-order valence-corrected chi connectivity index (χ1v) is 6.93. The maximum atomic E-state index is 12.0. The Bertz CT molecular complexity index is 484. The van der Waals surface area contributed by atoms with Crippen LogP contribution in [0.3, 0.4) is 0 Å². The van der Waals surface area contributed by atoms with Crippen molar-refractivity contribution in [2.75, 3.05) is 11.6 Å². The molecule has 1 aromatic rings. The first kappa shape index (κ1) is 11.4. The normalized spacial score (nSPS) is 22.4. The van der Waals surface area contributed by atoms with Gasteiger partial charge in [-0.1, -0.05) is 0 Å². The van der Waals surface area contributed by atoms with Gasteiger partial charge in [0.25, 0.3) is 10.0 Å². The number of thioether (sulfide) groups is 1. The van der Waals surface area contributed by atoms with E-state index in [1.165, 1.54) is 18.1 Å². The molecule has 1 atom stereocenters. The molecule has 1 saturated heterocycles. The molecular formula is C7H9N3O4S2. The van der Waals surface area contributed by atoms with E-state index in [0.717, 1.165) is 10.5 Å². The molecule has 1 aliphatic heterocycles. The largest absolute Gasteiger partial charge is 0.480 e. The van der Waals surface area contributed by atoms with E-state index in [0.29, 0.717) is 0 Å². The smallest absolute Gasteiger partial charge is 0.322 e. The average Bonchev–Trinajstić information content (AvgIpc) is 2.89. The van der Waals surface area contributed by atoms with Gasteiger partial charge in [0.15, 0.2) is 5.03 Å². The zero-order chi connectivity index (χ0) is 11.8. The van der Waals surface area contributed by atoms with E-state index < -0.39 is 22.0 Å². The molecule has 0 saturated carbocycles. The number of carboxylic acid groups (broad SMARTS) is 1. The SMILES string of the molecule is O=C(O)C1CSCN1S(=O)(=O)c1cnc[nH]1. The topological polar surface area (TPSA) is 103 Å². The average molecular weight is 263 g/mol. The van der Waals surface area contributed by atoms with Gasteiger partial charge >= 0.3 is 5.97 Å². The summed E-state index contributed by atoms with van der Waals surface area (Å²) in [7, 11) is -3.78. The van der Waals surface area contributed by atoms with Crippen LogP contribution in [0.25, 0.3) is 0 Å². The van der Waals surface area contributed by atoms with E-state index >= 15 is 0 Å². The number of sulfonamides is 1. The Kier molecular flexibility index (Phi) is 2.91. The Morgan fingerprint density at radius 3 is 3.00 bits per heavy atom. The summed E-state index contributed by atoms with van der Waals surface area (Å²) in [5.74, 6) is -0.714. The van der Waals surface area contributed by atoms with Gasteiger partial charge in [0.1, 0.15) is 6.04 Å². The Morgan fingerprint density at radius 1 is 1.69 bits per heavy atom. The summed E-state index contributed by atoms with van der Waals surface area (Å²) in [5, 5.41) is 8.82. The van der Waals surface area contributed by atoms with Crippen molar-refractivity contribution in [1.82, 2.24) is 14.3 Å². The number of aromatic nitrogens is 2. The number of aliphatic carboxylic acids is 1. The minimum Gasteiger partial charge on any atom is -0.480 e. The van der Waals surface area contributed by atoms with Crippen molar-refractivity contribution in [1.29, 1.82) is 0 Å². The number of nitrogens with zero attached hydrogens (tertiary/aromatic N) is 2. The van der Waals surface area contributed by atoms with Crippen LogP contribution in [-0.4, -0.2) is 51.4 Å². The van der Waals surface area contributed by atoms with Crippen molar-refractivity contribution >= 4 is 27.8 Å². The van der Waals surface area contributed by atoms with Gasteiger partial charge in [-0.2, -0.15) is 4.31 Å². The molecule has 0 spiro atoms. The minimum atomic E-state index is -3.78. The third kappa shape index (κ3) is 1.81. The number of carboxylic acids is 1. The molecule has 2 N–H and O–H groups in total. The van der Waals surface area contributed by atoms with Crippen LogP contribution in [0.1, 0.15) is 0 Å². The van der Waals surface area contributed by atoms with Crippen molar-refractivity contribution < 1.29 is 18.3 Å². The molecule has 0 aromatic carbocycles. The molecule has 1 aliphatic rings. The van der Waals surface area contributed by atoms with E-state index in [2.05, 4.69) is 9.97 Å². The number of H-pyrrole nitrogens is 1. The van der Waals surface area contributed by atoms with Crippen molar-refractivity contribution in [3.8, 4) is 0 Å². The number of aromatic amines is 1. The lowest BCUT2D eigenvalue weighted by atomic mass is 10.4. The molecule has 1 aromatic heterocycles. The fraction of sp³-hybridized carbons (Fsp3) is 0.429. The summed E-state index contributed by atoms with van der Waals surface area (Å²) in [6.45, 7) is 0. The monoisotopic (exact) mass is 263 g/mol. The van der Waals surface area contributed by atoms with Crippen molar-refractivity contribution in [2.45, 2.75) is 11.1 Å². The van der Waals surface area contributed by atoms with Crippen LogP contribution < -0.4 is 0 Å². The fourth-order valence-corrected chi connectivity index (χ4v) is 4.40. The number of carbonyl (C=O) groups is 1. The van der Waals surface area contributed by atoms with Crippen LogP contribution in [0.5, 0.6) is 0 Å². The zero-order valence-electron chi connectivity index (χ0n) is 8.03. The van der Waals surface area contributed by atoms with Crippen LogP contribution in [0, 0.1) is 0 Å². The van der Waals surface area contributed by atoms with Gasteiger partial charge < -0.3 is 10.1 Å². The lowest BCUT2D eigenvalue weighted by Gasteiger charge is -2.18. The minimum absolute atomic E-state index is 0.0822. The first-order valence-electron chi connectivity index (χ1n) is 4.34. The van der Waals surface area contributed by atoms with Gasteiger partial charge in [-0.15, -0.1) is 11.8 Å². The molecule has 88 valence electrons. The lowest BCUT2D eigenvalue weighted by Crippen LogP contribution is -2.41. The summed E-state index contributed by atoms with van der Waals surface area (Å²) in [6, 6.07) is -1.00. The second-order valence-corrected chi connectivity index (χ2v) is 6.02. The quantitative estimate of drug-likeness (QED) is 0.766. The Morgan fingerprint density at radius 2 is 2.44 bits per heavy atom. The van der Waals surface area contributed by atoms with Gasteiger partial charge in [0, 0.05) is 5.75 Å². The van der Waals surface area contributed by atoms with Gasteiger partial charge in [-0.05, 0) is 0 Å². The highest BCUT2D eigenvalue weighted by molar-refractivity contribution is 8.00. The molecule has 1 fully saturated rings. The van der Waals surface area contributed by atoms with Crippen LogP contribution in [0.2, 0.25) is 0 Å². The predicted octanol–water partition coefficient (Wildman–Crippen LogP) is -0.442. The number of hydrogen-bond acceptors (Lipinski definition) is 5. The molecule has 0 aliphatic carbocycles. The van der Waals surface area contributed by atoms with Crippen LogP contribution >= 0.6 is 11.8 Å². The van der Waals surface area contributed by atoms with Gasteiger partial charge in [-0.3, -0.25) is 4.79 Å². The van der Waals surface area contributed by atoms with E-state index in [9.17, 15) is 13.2 Å². The van der Waals surface area contributed by atoms with Crippen LogP contribution in [0.15, 0.2) is 17.6 Å². The summed E-state index contributed by atoms with van der Waals surface area (Å²) in [4.78, 5) is 17.0. The van der Waals surface area contributed by atoms with E-state index in [1.807, 2.05) is 0 Å². The van der Waals surface area contributed by atoms with E-state index in [1.54, 1.807) is 0 Å². The highest BCUT2D eigenvalue weighted by Gasteiger charge is 2.40. The molecule has 0 radical (unpaired) electrons. The van der Waals surface area contributed by atoms with Crippen LogP contribution in [-0.2, 0) is 14.8 Å². The second-order valence-electron chi connectivity index (χ2n) is 3.16. The standard InChI is InChI=1S/C7H9N3O4S2/c11-7(12)5-2-15-4-10(5)16(13,14)6-1-8-3-9-6/h1,3,5H,2,4H2,(H,8,9)(H,11,12). The van der Waals surface area contributed by atoms with E-state index in [-0.39, 0.29) is 16.7 Å². The third-order valence-corrected chi connectivity index (χ3v) is 5.14. The van der Waals surface area contributed by atoms with Gasteiger partial charge in [-0.25, -0.2) is 13.4 Å². The molecule has 16 heavy (non-hydrogen) atoms. The van der Waals surface area contributed by atoms with Gasteiger partial charge in [0.05, 0.1) is 18.4 Å². The third-order valence-electron chi connectivity index (χ3n) is 2.19. The first-order chi connectivity index (χ1) is 7.53. The van der Waals surface area contributed by atoms with Gasteiger partial charge in [0.2, 0.25) is 0 Å². The highest BCUT2D eigenvalue weighted by Crippen LogP contribution is 2.27. The summed E-state index contributed by atoms with van der Waals surface area (Å²) < 4.78 is 24.9. The molecule has 0 amide bonds. The highest BCUT2D eigenvalue weighted by atomic mass is 32.2. The molecule has 7 nitrogen and oxygen atoms in total.